The molecule has 106 valence electrons. The van der Waals surface area contributed by atoms with E-state index in [0.29, 0.717) is 0 Å². The predicted octanol–water partition coefficient (Wildman–Crippen LogP) is 4.25. The minimum Gasteiger partial charge on any atom is -0.271 e. The number of nitrogens with one attached hydrogen (secondary N) is 1. The number of halogens is 1. The van der Waals surface area contributed by atoms with Crippen LogP contribution in [0.3, 0.4) is 0 Å². The Morgan fingerprint density at radius 1 is 1.20 bits per heavy atom. The Morgan fingerprint density at radius 2 is 2.00 bits per heavy atom. The van der Waals surface area contributed by atoms with Gasteiger partial charge in [0, 0.05) is 15.7 Å². The van der Waals surface area contributed by atoms with E-state index < -0.39 is 0 Å². The van der Waals surface area contributed by atoms with Crippen LogP contribution in [0.25, 0.3) is 0 Å². The smallest absolute Gasteiger partial charge is 0.0556 e. The van der Waals surface area contributed by atoms with E-state index in [4.69, 9.17) is 17.4 Å². The fraction of sp³-hybridized carbons (Fsp3) is 0.250. The molecule has 1 unspecified atom stereocenters. The van der Waals surface area contributed by atoms with Crippen molar-refractivity contribution in [2.75, 3.05) is 5.75 Å². The van der Waals surface area contributed by atoms with Gasteiger partial charge in [0.15, 0.2) is 0 Å². The summed E-state index contributed by atoms with van der Waals surface area (Å²) in [5, 5.41) is 0.763. The van der Waals surface area contributed by atoms with E-state index in [1.807, 2.05) is 18.2 Å². The average molecular weight is 307 g/mol. The third kappa shape index (κ3) is 4.00. The number of hydrogen-bond donors (Lipinski definition) is 2. The van der Waals surface area contributed by atoms with Gasteiger partial charge in [0.1, 0.15) is 0 Å². The van der Waals surface area contributed by atoms with Crippen LogP contribution < -0.4 is 11.3 Å². The Labute approximate surface area is 129 Å². The molecule has 2 aromatic rings. The molecule has 4 heteroatoms. The van der Waals surface area contributed by atoms with E-state index in [1.54, 1.807) is 11.8 Å². The Bertz CT molecular complexity index is 586. The summed E-state index contributed by atoms with van der Waals surface area (Å²) >= 11 is 7.75. The average Bonchev–Trinajstić information content (AvgIpc) is 2.41. The topological polar surface area (TPSA) is 38.0 Å². The molecule has 0 spiro atoms. The number of hydrazine groups is 1. The Kier molecular flexibility index (Phi) is 5.49. The summed E-state index contributed by atoms with van der Waals surface area (Å²) < 4.78 is 0. The first-order valence-corrected chi connectivity index (χ1v) is 7.88. The van der Waals surface area contributed by atoms with Gasteiger partial charge in [0.05, 0.1) is 6.04 Å². The van der Waals surface area contributed by atoms with E-state index in [2.05, 4.69) is 43.5 Å². The van der Waals surface area contributed by atoms with Crippen LogP contribution in [-0.2, 0) is 0 Å². The highest BCUT2D eigenvalue weighted by molar-refractivity contribution is 7.99. The monoisotopic (exact) mass is 306 g/mol. The van der Waals surface area contributed by atoms with Crippen LogP contribution in [0.15, 0.2) is 47.4 Å². The summed E-state index contributed by atoms with van der Waals surface area (Å²) in [6.45, 7) is 4.22. The third-order valence-electron chi connectivity index (χ3n) is 3.21. The number of nitrogens with two attached hydrogens (primary N) is 1. The van der Waals surface area contributed by atoms with Crippen molar-refractivity contribution in [1.29, 1.82) is 0 Å². The molecule has 0 saturated carbocycles. The van der Waals surface area contributed by atoms with Crippen molar-refractivity contribution in [3.05, 3.63) is 64.2 Å². The summed E-state index contributed by atoms with van der Waals surface area (Å²) in [6.07, 6.45) is 0. The predicted molar refractivity (Wildman–Crippen MR) is 88.2 cm³/mol. The van der Waals surface area contributed by atoms with Gasteiger partial charge in [-0.05, 0) is 43.2 Å². The van der Waals surface area contributed by atoms with Crippen LogP contribution in [0.1, 0.15) is 22.7 Å². The largest absolute Gasteiger partial charge is 0.271 e. The standard InChI is InChI=1S/C16H19ClN2S/c1-11-6-7-15(12(2)8-11)16(19-18)10-20-14-5-3-4-13(17)9-14/h3-9,16,19H,10,18H2,1-2H3. The third-order valence-corrected chi connectivity index (χ3v) is 4.54. The van der Waals surface area contributed by atoms with E-state index in [1.165, 1.54) is 16.7 Å². The maximum absolute atomic E-state index is 6.00. The molecule has 2 nitrogen and oxygen atoms in total. The first-order chi connectivity index (χ1) is 9.60. The molecule has 2 aromatic carbocycles. The molecule has 0 radical (unpaired) electrons. The summed E-state index contributed by atoms with van der Waals surface area (Å²) in [4.78, 5) is 1.16. The van der Waals surface area contributed by atoms with Gasteiger partial charge in [-0.1, -0.05) is 41.4 Å². The summed E-state index contributed by atoms with van der Waals surface area (Å²) in [5.41, 5.74) is 6.68. The van der Waals surface area contributed by atoms with Gasteiger partial charge in [-0.2, -0.15) is 0 Å². The second-order valence-electron chi connectivity index (χ2n) is 4.85. The SMILES string of the molecule is Cc1ccc(C(CSc2cccc(Cl)c2)NN)c(C)c1. The van der Waals surface area contributed by atoms with Crippen molar-refractivity contribution in [3.8, 4) is 0 Å². The lowest BCUT2D eigenvalue weighted by Gasteiger charge is -2.18. The van der Waals surface area contributed by atoms with Crippen molar-refractivity contribution < 1.29 is 0 Å². The highest BCUT2D eigenvalue weighted by Gasteiger charge is 2.12. The molecule has 0 aliphatic rings. The fourth-order valence-electron chi connectivity index (χ4n) is 2.18. The lowest BCUT2D eigenvalue weighted by Crippen LogP contribution is -2.30. The number of benzene rings is 2. The molecule has 0 aliphatic heterocycles. The molecule has 0 amide bonds. The van der Waals surface area contributed by atoms with Gasteiger partial charge in [-0.15, -0.1) is 11.8 Å². The van der Waals surface area contributed by atoms with Gasteiger partial charge in [0.2, 0.25) is 0 Å². The quantitative estimate of drug-likeness (QED) is 0.492. The van der Waals surface area contributed by atoms with Crippen molar-refractivity contribution >= 4 is 23.4 Å². The van der Waals surface area contributed by atoms with Crippen LogP contribution in [-0.4, -0.2) is 5.75 Å². The Balaban J connectivity index is 2.09. The van der Waals surface area contributed by atoms with Crippen LogP contribution in [0.2, 0.25) is 5.02 Å². The molecule has 3 N–H and O–H groups in total. The summed E-state index contributed by atoms with van der Waals surface area (Å²) in [5.74, 6) is 6.58. The van der Waals surface area contributed by atoms with E-state index in [9.17, 15) is 0 Å². The minimum absolute atomic E-state index is 0.125. The Hall–Kier alpha value is -1.00. The van der Waals surface area contributed by atoms with Crippen LogP contribution in [0.4, 0.5) is 0 Å². The lowest BCUT2D eigenvalue weighted by atomic mass is 10.0. The van der Waals surface area contributed by atoms with Gasteiger partial charge < -0.3 is 0 Å². The van der Waals surface area contributed by atoms with Crippen LogP contribution in [0.5, 0.6) is 0 Å². The Morgan fingerprint density at radius 3 is 2.65 bits per heavy atom. The van der Waals surface area contributed by atoms with Gasteiger partial charge in [-0.3, -0.25) is 11.3 Å². The van der Waals surface area contributed by atoms with E-state index >= 15 is 0 Å². The molecule has 0 fully saturated rings. The van der Waals surface area contributed by atoms with E-state index in [0.717, 1.165) is 15.7 Å². The van der Waals surface area contributed by atoms with Crippen molar-refractivity contribution in [2.24, 2.45) is 5.84 Å². The zero-order valence-electron chi connectivity index (χ0n) is 11.7. The molecule has 1 atom stereocenters. The molecule has 0 saturated heterocycles. The zero-order valence-corrected chi connectivity index (χ0v) is 13.3. The van der Waals surface area contributed by atoms with Gasteiger partial charge in [0.25, 0.3) is 0 Å². The molecule has 2 rings (SSSR count). The number of thioether (sulfide) groups is 1. The second-order valence-corrected chi connectivity index (χ2v) is 6.38. The maximum atomic E-state index is 6.00. The second kappa shape index (κ2) is 7.14. The van der Waals surface area contributed by atoms with Crippen LogP contribution in [0, 0.1) is 13.8 Å². The molecule has 0 aliphatic carbocycles. The lowest BCUT2D eigenvalue weighted by molar-refractivity contribution is 0.607. The van der Waals surface area contributed by atoms with Crippen molar-refractivity contribution in [3.63, 3.8) is 0 Å². The van der Waals surface area contributed by atoms with Crippen molar-refractivity contribution in [1.82, 2.24) is 5.43 Å². The fourth-order valence-corrected chi connectivity index (χ4v) is 3.46. The summed E-state index contributed by atoms with van der Waals surface area (Å²) in [6, 6.07) is 14.5. The molecule has 0 aromatic heterocycles. The van der Waals surface area contributed by atoms with Gasteiger partial charge >= 0.3 is 0 Å². The number of rotatable bonds is 5. The highest BCUT2D eigenvalue weighted by atomic mass is 35.5. The minimum atomic E-state index is 0.125. The molecular formula is C16H19ClN2S. The molecule has 0 bridgehead atoms. The normalized spacial score (nSPS) is 12.4. The number of hydrogen-bond acceptors (Lipinski definition) is 3. The highest BCUT2D eigenvalue weighted by Crippen LogP contribution is 2.27. The maximum Gasteiger partial charge on any atom is 0.0556 e. The van der Waals surface area contributed by atoms with Crippen molar-refractivity contribution in [2.45, 2.75) is 24.8 Å². The zero-order chi connectivity index (χ0) is 14.5. The first kappa shape index (κ1) is 15.4. The number of aryl methyl sites for hydroxylation is 2. The molecule has 0 heterocycles. The first-order valence-electron chi connectivity index (χ1n) is 6.52. The van der Waals surface area contributed by atoms with Crippen LogP contribution >= 0.6 is 23.4 Å². The molecule has 20 heavy (non-hydrogen) atoms. The molecular weight excluding hydrogens is 288 g/mol. The van der Waals surface area contributed by atoms with Gasteiger partial charge in [-0.25, -0.2) is 0 Å². The summed E-state index contributed by atoms with van der Waals surface area (Å²) in [7, 11) is 0. The van der Waals surface area contributed by atoms with E-state index in [-0.39, 0.29) is 6.04 Å².